The van der Waals surface area contributed by atoms with E-state index in [-0.39, 0.29) is 6.03 Å². The van der Waals surface area contributed by atoms with Crippen molar-refractivity contribution in [3.05, 3.63) is 29.6 Å². The summed E-state index contributed by atoms with van der Waals surface area (Å²) >= 11 is 0. The minimum atomic E-state index is -0.435. The molecule has 0 aliphatic carbocycles. The van der Waals surface area contributed by atoms with Crippen LogP contribution in [0.5, 0.6) is 0 Å². The van der Waals surface area contributed by atoms with Crippen molar-refractivity contribution in [1.82, 2.24) is 15.2 Å². The number of urea groups is 1. The molecule has 0 unspecified atom stereocenters. The van der Waals surface area contributed by atoms with Crippen molar-refractivity contribution in [2.75, 3.05) is 37.6 Å². The minimum absolute atomic E-state index is 0.0379. The lowest BCUT2D eigenvalue weighted by Gasteiger charge is -2.31. The van der Waals surface area contributed by atoms with Gasteiger partial charge in [0, 0.05) is 44.5 Å². The highest BCUT2D eigenvalue weighted by Gasteiger charge is 2.24. The Morgan fingerprint density at radius 3 is 2.90 bits per heavy atom. The zero-order valence-electron chi connectivity index (χ0n) is 11.6. The summed E-state index contributed by atoms with van der Waals surface area (Å²) in [4.78, 5) is 31.1. The van der Waals surface area contributed by atoms with Crippen molar-refractivity contribution >= 4 is 23.7 Å². The Bertz CT molecular complexity index is 613. The topological polar surface area (TPSA) is 91.6 Å². The summed E-state index contributed by atoms with van der Waals surface area (Å²) in [5.74, 6) is -0.435. The molecule has 0 atom stereocenters. The minimum Gasteiger partial charge on any atom is -0.366 e. The van der Waals surface area contributed by atoms with E-state index in [0.717, 1.165) is 11.4 Å². The van der Waals surface area contributed by atoms with Crippen molar-refractivity contribution < 1.29 is 9.59 Å². The second kappa shape index (κ2) is 5.43. The number of rotatable bonds is 4. The number of nitrogens with two attached hydrogens (primary N) is 1. The monoisotopic (exact) mass is 287 g/mol. The van der Waals surface area contributed by atoms with Crippen LogP contribution in [-0.4, -0.2) is 54.5 Å². The Morgan fingerprint density at radius 1 is 1.38 bits per heavy atom. The summed E-state index contributed by atoms with van der Waals surface area (Å²) in [6, 6.07) is 3.78. The molecule has 21 heavy (non-hydrogen) atoms. The fourth-order valence-electron chi connectivity index (χ4n) is 2.60. The molecule has 0 spiro atoms. The predicted molar refractivity (Wildman–Crippen MR) is 78.6 cm³/mol. The first-order chi connectivity index (χ1) is 10.1. The van der Waals surface area contributed by atoms with Crippen LogP contribution in [0.1, 0.15) is 5.69 Å². The Kier molecular flexibility index (Phi) is 3.47. The van der Waals surface area contributed by atoms with Gasteiger partial charge in [-0.25, -0.2) is 4.79 Å². The van der Waals surface area contributed by atoms with Crippen molar-refractivity contribution in [2.24, 2.45) is 5.73 Å². The Labute approximate surface area is 122 Å². The van der Waals surface area contributed by atoms with E-state index >= 15 is 0 Å². The van der Waals surface area contributed by atoms with Crippen LogP contribution in [0.15, 0.2) is 23.9 Å². The van der Waals surface area contributed by atoms with Gasteiger partial charge < -0.3 is 20.9 Å². The zero-order valence-corrected chi connectivity index (χ0v) is 11.6. The second-order valence-electron chi connectivity index (χ2n) is 5.08. The van der Waals surface area contributed by atoms with E-state index in [2.05, 4.69) is 10.3 Å². The van der Waals surface area contributed by atoms with E-state index in [1.807, 2.05) is 17.0 Å². The van der Waals surface area contributed by atoms with Gasteiger partial charge >= 0.3 is 6.03 Å². The number of nitrogens with zero attached hydrogens (tertiary/aromatic N) is 3. The molecule has 2 aliphatic rings. The lowest BCUT2D eigenvalue weighted by molar-refractivity contribution is -0.114. The molecule has 0 bridgehead atoms. The number of amides is 3. The first kappa shape index (κ1) is 13.4. The number of anilines is 1. The molecule has 3 heterocycles. The van der Waals surface area contributed by atoms with E-state index < -0.39 is 5.91 Å². The number of nitrogens with one attached hydrogen (secondary N) is 1. The second-order valence-corrected chi connectivity index (χ2v) is 5.08. The molecule has 1 aromatic rings. The molecule has 0 aromatic carbocycles. The summed E-state index contributed by atoms with van der Waals surface area (Å²) in [5, 5.41) is 2.77. The van der Waals surface area contributed by atoms with Gasteiger partial charge in [-0.15, -0.1) is 0 Å². The van der Waals surface area contributed by atoms with Crippen molar-refractivity contribution in [2.45, 2.75) is 0 Å². The Hall–Kier alpha value is -2.57. The van der Waals surface area contributed by atoms with Crippen molar-refractivity contribution in [3.8, 4) is 0 Å². The van der Waals surface area contributed by atoms with Gasteiger partial charge in [0.2, 0.25) is 5.91 Å². The highest BCUT2D eigenvalue weighted by atomic mass is 16.2. The number of primary amides is 1. The molecule has 7 nitrogen and oxygen atoms in total. The van der Waals surface area contributed by atoms with Gasteiger partial charge in [-0.1, -0.05) is 0 Å². The SMILES string of the molecule is NC(=O)C1=Cc2ncccc2N(CCN2CCNC2=O)C1. The molecule has 1 saturated heterocycles. The lowest BCUT2D eigenvalue weighted by Crippen LogP contribution is -2.40. The number of fused-ring (bicyclic) bond motifs is 1. The third-order valence-corrected chi connectivity index (χ3v) is 3.73. The van der Waals surface area contributed by atoms with E-state index in [4.69, 9.17) is 5.73 Å². The fourth-order valence-corrected chi connectivity index (χ4v) is 2.60. The van der Waals surface area contributed by atoms with Gasteiger partial charge in [-0.2, -0.15) is 0 Å². The standard InChI is InChI=1S/C14H17N5O2/c15-13(20)10-8-11-12(2-1-3-16-11)19(9-10)7-6-18-5-4-17-14(18)21/h1-3,8H,4-7,9H2,(H2,15,20)(H,17,21). The molecule has 3 rings (SSSR count). The average molecular weight is 287 g/mol. The maximum absolute atomic E-state index is 11.6. The van der Waals surface area contributed by atoms with Crippen LogP contribution in [0.2, 0.25) is 0 Å². The smallest absolute Gasteiger partial charge is 0.317 e. The van der Waals surface area contributed by atoms with Gasteiger partial charge in [0.25, 0.3) is 0 Å². The first-order valence-electron chi connectivity index (χ1n) is 6.88. The van der Waals surface area contributed by atoms with Crippen LogP contribution in [0.4, 0.5) is 10.5 Å². The summed E-state index contributed by atoms with van der Waals surface area (Å²) in [6.07, 6.45) is 3.42. The normalized spacial score (nSPS) is 17.3. The van der Waals surface area contributed by atoms with Crippen molar-refractivity contribution in [3.63, 3.8) is 0 Å². The van der Waals surface area contributed by atoms with E-state index in [0.29, 0.717) is 38.3 Å². The van der Waals surface area contributed by atoms with Crippen LogP contribution in [-0.2, 0) is 4.79 Å². The summed E-state index contributed by atoms with van der Waals surface area (Å²) in [5.41, 5.74) is 7.62. The molecule has 3 amide bonds. The summed E-state index contributed by atoms with van der Waals surface area (Å²) in [6.45, 7) is 3.08. The first-order valence-corrected chi connectivity index (χ1v) is 6.88. The fraction of sp³-hybridized carbons (Fsp3) is 0.357. The molecule has 110 valence electrons. The lowest BCUT2D eigenvalue weighted by atomic mass is 10.1. The quantitative estimate of drug-likeness (QED) is 0.802. The summed E-state index contributed by atoms with van der Waals surface area (Å²) < 4.78 is 0. The average Bonchev–Trinajstić information content (AvgIpc) is 2.89. The van der Waals surface area contributed by atoms with Gasteiger partial charge in [0.15, 0.2) is 0 Å². The zero-order chi connectivity index (χ0) is 14.8. The van der Waals surface area contributed by atoms with Crippen LogP contribution in [0.25, 0.3) is 6.08 Å². The maximum atomic E-state index is 11.6. The molecule has 1 fully saturated rings. The van der Waals surface area contributed by atoms with E-state index in [9.17, 15) is 9.59 Å². The number of hydrogen-bond acceptors (Lipinski definition) is 4. The molecule has 2 aliphatic heterocycles. The van der Waals surface area contributed by atoms with Crippen molar-refractivity contribution in [1.29, 1.82) is 0 Å². The van der Waals surface area contributed by atoms with E-state index in [1.54, 1.807) is 17.2 Å². The summed E-state index contributed by atoms with van der Waals surface area (Å²) in [7, 11) is 0. The predicted octanol–water partition coefficient (Wildman–Crippen LogP) is -0.204. The number of hydrogen-bond donors (Lipinski definition) is 2. The molecular weight excluding hydrogens is 270 g/mol. The molecule has 1 aromatic heterocycles. The van der Waals surface area contributed by atoms with Gasteiger partial charge in [-0.05, 0) is 18.2 Å². The molecule has 3 N–H and O–H groups in total. The van der Waals surface area contributed by atoms with Gasteiger partial charge in [0.1, 0.15) is 0 Å². The number of aromatic nitrogens is 1. The highest BCUT2D eigenvalue weighted by molar-refractivity contribution is 5.99. The van der Waals surface area contributed by atoms with Gasteiger partial charge in [0.05, 0.1) is 11.4 Å². The maximum Gasteiger partial charge on any atom is 0.317 e. The van der Waals surface area contributed by atoms with Crippen LogP contribution in [0.3, 0.4) is 0 Å². The third kappa shape index (κ3) is 2.67. The molecule has 7 heteroatoms. The number of carbonyl (C=O) groups excluding carboxylic acids is 2. The van der Waals surface area contributed by atoms with Gasteiger partial charge in [-0.3, -0.25) is 9.78 Å². The third-order valence-electron chi connectivity index (χ3n) is 3.73. The van der Waals surface area contributed by atoms with Crippen LogP contribution >= 0.6 is 0 Å². The van der Waals surface area contributed by atoms with E-state index in [1.165, 1.54) is 0 Å². The Balaban J connectivity index is 1.77. The number of carbonyl (C=O) groups is 2. The Morgan fingerprint density at radius 2 is 2.19 bits per heavy atom. The molecule has 0 radical (unpaired) electrons. The van der Waals surface area contributed by atoms with Crippen LogP contribution in [0, 0.1) is 0 Å². The number of pyridine rings is 1. The highest BCUT2D eigenvalue weighted by Crippen LogP contribution is 2.26. The molecular formula is C14H17N5O2. The van der Waals surface area contributed by atoms with Crippen LogP contribution < -0.4 is 16.0 Å². The largest absolute Gasteiger partial charge is 0.366 e. The molecule has 0 saturated carbocycles.